The average Bonchev–Trinajstić information content (AvgIpc) is 3.00. The number of ether oxygens (including phenoxy) is 2. The van der Waals surface area contributed by atoms with Gasteiger partial charge in [0, 0.05) is 11.8 Å². The zero-order valence-electron chi connectivity index (χ0n) is 10.3. The Morgan fingerprint density at radius 2 is 2.10 bits per heavy atom. The lowest BCUT2D eigenvalue weighted by atomic mass is 10.2. The molecule has 3 rings (SSSR count). The SMILES string of the molecule is O=C(CN1C(=O)CNC1=O)Nc1ccc2c(c1)OCO2. The van der Waals surface area contributed by atoms with Crippen LogP contribution >= 0.6 is 0 Å². The van der Waals surface area contributed by atoms with Crippen LogP contribution in [0.4, 0.5) is 10.5 Å². The Kier molecular flexibility index (Phi) is 2.90. The van der Waals surface area contributed by atoms with Gasteiger partial charge >= 0.3 is 6.03 Å². The number of carbonyl (C=O) groups is 3. The maximum absolute atomic E-state index is 11.8. The van der Waals surface area contributed by atoms with E-state index in [1.165, 1.54) is 0 Å². The quantitative estimate of drug-likeness (QED) is 0.752. The van der Waals surface area contributed by atoms with Gasteiger partial charge in [0.2, 0.25) is 12.7 Å². The van der Waals surface area contributed by atoms with Crippen molar-refractivity contribution in [2.45, 2.75) is 0 Å². The molecule has 2 heterocycles. The highest BCUT2D eigenvalue weighted by atomic mass is 16.7. The third-order valence-electron chi connectivity index (χ3n) is 2.90. The first-order valence-electron chi connectivity index (χ1n) is 5.91. The Morgan fingerprint density at radius 1 is 1.30 bits per heavy atom. The van der Waals surface area contributed by atoms with E-state index < -0.39 is 17.8 Å². The lowest BCUT2D eigenvalue weighted by molar-refractivity contribution is -0.128. The highest BCUT2D eigenvalue weighted by Gasteiger charge is 2.30. The molecule has 0 atom stereocenters. The molecule has 0 aromatic heterocycles. The maximum Gasteiger partial charge on any atom is 0.325 e. The van der Waals surface area contributed by atoms with Gasteiger partial charge in [-0.1, -0.05) is 0 Å². The molecule has 20 heavy (non-hydrogen) atoms. The molecule has 0 bridgehead atoms. The van der Waals surface area contributed by atoms with E-state index in [1.807, 2.05) is 0 Å². The van der Waals surface area contributed by atoms with Crippen LogP contribution < -0.4 is 20.1 Å². The average molecular weight is 277 g/mol. The van der Waals surface area contributed by atoms with Crippen molar-refractivity contribution in [3.8, 4) is 11.5 Å². The normalized spacial score (nSPS) is 16.3. The second-order valence-electron chi connectivity index (χ2n) is 4.25. The summed E-state index contributed by atoms with van der Waals surface area (Å²) < 4.78 is 10.3. The molecule has 2 N–H and O–H groups in total. The van der Waals surface area contributed by atoms with E-state index in [0.29, 0.717) is 17.2 Å². The van der Waals surface area contributed by atoms with Gasteiger partial charge in [-0.25, -0.2) is 4.79 Å². The summed E-state index contributed by atoms with van der Waals surface area (Å²) in [5, 5.41) is 4.93. The molecule has 0 spiro atoms. The molecule has 8 heteroatoms. The molecule has 1 saturated heterocycles. The van der Waals surface area contributed by atoms with Crippen LogP contribution in [-0.4, -0.2) is 42.6 Å². The van der Waals surface area contributed by atoms with Crippen molar-refractivity contribution >= 4 is 23.5 Å². The number of fused-ring (bicyclic) bond motifs is 1. The van der Waals surface area contributed by atoms with Crippen LogP contribution in [0.25, 0.3) is 0 Å². The number of imide groups is 1. The Hall–Kier alpha value is -2.77. The van der Waals surface area contributed by atoms with Gasteiger partial charge in [0.25, 0.3) is 5.91 Å². The summed E-state index contributed by atoms with van der Waals surface area (Å²) in [5.74, 6) is 0.264. The number of nitrogens with one attached hydrogen (secondary N) is 2. The molecule has 2 aliphatic heterocycles. The first kappa shape index (κ1) is 12.3. The van der Waals surface area contributed by atoms with E-state index >= 15 is 0 Å². The van der Waals surface area contributed by atoms with Gasteiger partial charge in [0.1, 0.15) is 6.54 Å². The Bertz CT molecular complexity index is 585. The zero-order chi connectivity index (χ0) is 14.1. The molecule has 1 aromatic carbocycles. The first-order chi connectivity index (χ1) is 9.63. The molecular formula is C12H11N3O5. The number of amides is 4. The molecule has 104 valence electrons. The molecule has 0 aliphatic carbocycles. The predicted octanol–water partition coefficient (Wildman–Crippen LogP) is -0.0944. The van der Waals surface area contributed by atoms with Gasteiger partial charge in [0.15, 0.2) is 11.5 Å². The van der Waals surface area contributed by atoms with Crippen molar-refractivity contribution in [3.63, 3.8) is 0 Å². The smallest absolute Gasteiger partial charge is 0.325 e. The van der Waals surface area contributed by atoms with E-state index in [-0.39, 0.29) is 19.9 Å². The molecule has 0 unspecified atom stereocenters. The van der Waals surface area contributed by atoms with Gasteiger partial charge in [-0.3, -0.25) is 14.5 Å². The minimum Gasteiger partial charge on any atom is -0.454 e. The van der Waals surface area contributed by atoms with Crippen molar-refractivity contribution < 1.29 is 23.9 Å². The molecule has 0 radical (unpaired) electrons. The summed E-state index contributed by atoms with van der Waals surface area (Å²) in [4.78, 5) is 35.3. The molecular weight excluding hydrogens is 266 g/mol. The van der Waals surface area contributed by atoms with E-state index in [1.54, 1.807) is 18.2 Å². The van der Waals surface area contributed by atoms with Gasteiger partial charge in [-0.2, -0.15) is 0 Å². The van der Waals surface area contributed by atoms with Crippen molar-refractivity contribution in [3.05, 3.63) is 18.2 Å². The number of hydrogen-bond donors (Lipinski definition) is 2. The molecule has 1 fully saturated rings. The molecule has 2 aliphatic rings. The third kappa shape index (κ3) is 2.22. The van der Waals surface area contributed by atoms with E-state index in [4.69, 9.17) is 9.47 Å². The van der Waals surface area contributed by atoms with Crippen molar-refractivity contribution in [1.82, 2.24) is 10.2 Å². The molecule has 4 amide bonds. The topological polar surface area (TPSA) is 97.0 Å². The second-order valence-corrected chi connectivity index (χ2v) is 4.25. The van der Waals surface area contributed by atoms with Gasteiger partial charge < -0.3 is 20.1 Å². The van der Waals surface area contributed by atoms with E-state index in [0.717, 1.165) is 4.90 Å². The molecule has 1 aromatic rings. The summed E-state index contributed by atoms with van der Waals surface area (Å²) in [6.45, 7) is -0.246. The van der Waals surface area contributed by atoms with Crippen LogP contribution in [0.1, 0.15) is 0 Å². The Morgan fingerprint density at radius 3 is 2.85 bits per heavy atom. The van der Waals surface area contributed by atoms with E-state index in [9.17, 15) is 14.4 Å². The summed E-state index contributed by atoms with van der Waals surface area (Å²) in [6, 6.07) is 4.38. The summed E-state index contributed by atoms with van der Waals surface area (Å²) >= 11 is 0. The Balaban J connectivity index is 1.64. The van der Waals surface area contributed by atoms with Crippen molar-refractivity contribution in [1.29, 1.82) is 0 Å². The fraction of sp³-hybridized carbons (Fsp3) is 0.250. The van der Waals surface area contributed by atoms with Crippen LogP contribution in [0.2, 0.25) is 0 Å². The number of benzene rings is 1. The minimum atomic E-state index is -0.559. The number of nitrogens with zero attached hydrogens (tertiary/aromatic N) is 1. The van der Waals surface area contributed by atoms with Crippen molar-refractivity contribution in [2.24, 2.45) is 0 Å². The monoisotopic (exact) mass is 277 g/mol. The fourth-order valence-corrected chi connectivity index (χ4v) is 1.93. The van der Waals surface area contributed by atoms with Gasteiger partial charge in [0.05, 0.1) is 6.54 Å². The summed E-state index contributed by atoms with van der Waals surface area (Å²) in [6.07, 6.45) is 0. The first-order valence-corrected chi connectivity index (χ1v) is 5.91. The number of rotatable bonds is 3. The molecule has 0 saturated carbocycles. The van der Waals surface area contributed by atoms with Gasteiger partial charge in [-0.05, 0) is 12.1 Å². The fourth-order valence-electron chi connectivity index (χ4n) is 1.93. The number of anilines is 1. The maximum atomic E-state index is 11.8. The zero-order valence-corrected chi connectivity index (χ0v) is 10.3. The largest absolute Gasteiger partial charge is 0.454 e. The third-order valence-corrected chi connectivity index (χ3v) is 2.90. The highest BCUT2D eigenvalue weighted by molar-refractivity contribution is 6.06. The minimum absolute atomic E-state index is 0.0733. The van der Waals surface area contributed by atoms with Crippen LogP contribution in [0, 0.1) is 0 Å². The number of urea groups is 1. The Labute approximate surface area is 113 Å². The lowest BCUT2D eigenvalue weighted by Gasteiger charge is -2.12. The van der Waals surface area contributed by atoms with Gasteiger partial charge in [-0.15, -0.1) is 0 Å². The van der Waals surface area contributed by atoms with Crippen LogP contribution in [0.15, 0.2) is 18.2 Å². The van der Waals surface area contributed by atoms with Crippen molar-refractivity contribution in [2.75, 3.05) is 25.2 Å². The lowest BCUT2D eigenvalue weighted by Crippen LogP contribution is -2.38. The van der Waals surface area contributed by atoms with Crippen LogP contribution in [0.5, 0.6) is 11.5 Å². The number of hydrogen-bond acceptors (Lipinski definition) is 5. The summed E-state index contributed by atoms with van der Waals surface area (Å²) in [7, 11) is 0. The highest BCUT2D eigenvalue weighted by Crippen LogP contribution is 2.34. The van der Waals surface area contributed by atoms with Crippen LogP contribution in [0.3, 0.4) is 0 Å². The predicted molar refractivity (Wildman–Crippen MR) is 66.3 cm³/mol. The molecule has 8 nitrogen and oxygen atoms in total. The summed E-state index contributed by atoms with van der Waals surface area (Å²) in [5.41, 5.74) is 0.506. The second kappa shape index (κ2) is 4.72. The van der Waals surface area contributed by atoms with Crippen LogP contribution in [-0.2, 0) is 9.59 Å². The number of carbonyl (C=O) groups excluding carboxylic acids is 3. The standard InChI is InChI=1S/C12H11N3O5/c16-10(5-15-11(17)4-13-12(15)18)14-7-1-2-8-9(3-7)20-6-19-8/h1-3H,4-6H2,(H,13,18)(H,14,16). The van der Waals surface area contributed by atoms with E-state index in [2.05, 4.69) is 10.6 Å².